The van der Waals surface area contributed by atoms with Gasteiger partial charge in [-0.15, -0.1) is 0 Å². The molecule has 2 rings (SSSR count). The lowest BCUT2D eigenvalue weighted by molar-refractivity contribution is -0.0527. The van der Waals surface area contributed by atoms with Crippen LogP contribution >= 0.6 is 0 Å². The third kappa shape index (κ3) is 0.929. The average molecular weight is 134 g/mol. The van der Waals surface area contributed by atoms with Crippen molar-refractivity contribution >= 4 is 0 Å². The van der Waals surface area contributed by atoms with Crippen molar-refractivity contribution in [3.05, 3.63) is 35.9 Å². The predicted octanol–water partition coefficient (Wildman–Crippen LogP) is 2.15. The zero-order valence-electron chi connectivity index (χ0n) is 5.79. The molecule has 1 heterocycles. The fourth-order valence-corrected chi connectivity index (χ4v) is 1.17. The molecule has 0 N–H and O–H groups in total. The van der Waals surface area contributed by atoms with E-state index >= 15 is 0 Å². The summed E-state index contributed by atoms with van der Waals surface area (Å²) in [5.74, 6) is 0. The Morgan fingerprint density at radius 1 is 1.20 bits per heavy atom. The molecule has 0 amide bonds. The van der Waals surface area contributed by atoms with Gasteiger partial charge < -0.3 is 4.74 Å². The first-order valence-corrected chi connectivity index (χ1v) is 3.63. The normalized spacial score (nSPS) is 23.8. The van der Waals surface area contributed by atoms with Gasteiger partial charge in [0.15, 0.2) is 0 Å². The Kier molecular flexibility index (Phi) is 1.44. The average Bonchev–Trinajstić information content (AvgIpc) is 1.86. The Bertz CT molecular complexity index is 201. The van der Waals surface area contributed by atoms with E-state index in [9.17, 15) is 0 Å². The number of benzene rings is 1. The molecule has 0 bridgehead atoms. The maximum absolute atomic E-state index is 5.32. The molecule has 1 nitrogen and oxygen atoms in total. The quantitative estimate of drug-likeness (QED) is 0.571. The molecule has 1 saturated heterocycles. The van der Waals surface area contributed by atoms with Crippen molar-refractivity contribution in [1.82, 2.24) is 0 Å². The van der Waals surface area contributed by atoms with Gasteiger partial charge in [-0.2, -0.15) is 0 Å². The molecule has 1 aliphatic heterocycles. The minimum absolute atomic E-state index is 0.390. The van der Waals surface area contributed by atoms with Crippen LogP contribution in [0.15, 0.2) is 30.3 Å². The Morgan fingerprint density at radius 2 is 1.90 bits per heavy atom. The van der Waals surface area contributed by atoms with Crippen molar-refractivity contribution in [2.24, 2.45) is 0 Å². The van der Waals surface area contributed by atoms with E-state index in [1.165, 1.54) is 12.0 Å². The zero-order chi connectivity index (χ0) is 6.81. The minimum Gasteiger partial charge on any atom is -0.373 e. The molecule has 1 aliphatic rings. The van der Waals surface area contributed by atoms with Gasteiger partial charge in [0, 0.05) is 6.42 Å². The van der Waals surface area contributed by atoms with Gasteiger partial charge in [-0.25, -0.2) is 0 Å². The third-order valence-corrected chi connectivity index (χ3v) is 1.87. The highest BCUT2D eigenvalue weighted by molar-refractivity contribution is 5.18. The molecule has 0 spiro atoms. The number of hydrogen-bond acceptors (Lipinski definition) is 1. The first kappa shape index (κ1) is 5.93. The van der Waals surface area contributed by atoms with E-state index in [0.717, 1.165) is 6.61 Å². The Hall–Kier alpha value is -0.820. The van der Waals surface area contributed by atoms with Gasteiger partial charge in [0.1, 0.15) is 0 Å². The van der Waals surface area contributed by atoms with Crippen LogP contribution in [0.3, 0.4) is 0 Å². The van der Waals surface area contributed by atoms with E-state index in [1.54, 1.807) is 0 Å². The van der Waals surface area contributed by atoms with E-state index in [0.29, 0.717) is 6.10 Å². The standard InChI is InChI=1S/C9H10O/c1-2-4-8(5-3-1)9-6-7-10-9/h1-5,9H,6-7H2. The summed E-state index contributed by atoms with van der Waals surface area (Å²) < 4.78 is 5.32. The molecular formula is C9H10O. The number of rotatable bonds is 1. The van der Waals surface area contributed by atoms with Crippen LogP contribution in [0.1, 0.15) is 18.1 Å². The van der Waals surface area contributed by atoms with Crippen molar-refractivity contribution in [1.29, 1.82) is 0 Å². The van der Waals surface area contributed by atoms with Gasteiger partial charge >= 0.3 is 0 Å². The highest BCUT2D eigenvalue weighted by Crippen LogP contribution is 2.28. The molecule has 1 heteroatoms. The van der Waals surface area contributed by atoms with Gasteiger partial charge in [0.2, 0.25) is 0 Å². The summed E-state index contributed by atoms with van der Waals surface area (Å²) in [6.07, 6.45) is 1.57. The summed E-state index contributed by atoms with van der Waals surface area (Å²) in [5.41, 5.74) is 1.31. The van der Waals surface area contributed by atoms with Gasteiger partial charge in [-0.05, 0) is 5.56 Å². The largest absolute Gasteiger partial charge is 0.373 e. The summed E-state index contributed by atoms with van der Waals surface area (Å²) in [4.78, 5) is 0. The number of hydrogen-bond donors (Lipinski definition) is 0. The Labute approximate surface area is 60.6 Å². The lowest BCUT2D eigenvalue weighted by Crippen LogP contribution is -2.17. The Morgan fingerprint density at radius 3 is 2.40 bits per heavy atom. The molecule has 0 radical (unpaired) electrons. The second-order valence-electron chi connectivity index (χ2n) is 2.56. The molecule has 10 heavy (non-hydrogen) atoms. The fourth-order valence-electron chi connectivity index (χ4n) is 1.17. The summed E-state index contributed by atoms with van der Waals surface area (Å²) in [6.45, 7) is 0.930. The highest BCUT2D eigenvalue weighted by Gasteiger charge is 2.18. The molecule has 1 unspecified atom stereocenters. The van der Waals surface area contributed by atoms with Crippen molar-refractivity contribution in [2.75, 3.05) is 6.61 Å². The lowest BCUT2D eigenvalue weighted by atomic mass is 10.0. The van der Waals surface area contributed by atoms with Gasteiger partial charge in [-0.3, -0.25) is 0 Å². The second kappa shape index (κ2) is 2.43. The third-order valence-electron chi connectivity index (χ3n) is 1.87. The predicted molar refractivity (Wildman–Crippen MR) is 39.8 cm³/mol. The van der Waals surface area contributed by atoms with Crippen LogP contribution in [0.2, 0.25) is 0 Å². The molecule has 1 fully saturated rings. The van der Waals surface area contributed by atoms with Crippen LogP contribution in [0.25, 0.3) is 0 Å². The molecule has 52 valence electrons. The molecule has 0 aromatic heterocycles. The first-order chi connectivity index (χ1) is 4.97. The van der Waals surface area contributed by atoms with Crippen molar-refractivity contribution < 1.29 is 4.74 Å². The summed E-state index contributed by atoms with van der Waals surface area (Å²) in [5, 5.41) is 0. The van der Waals surface area contributed by atoms with E-state index < -0.39 is 0 Å². The SMILES string of the molecule is c1ccc(C2CCO2)cc1. The topological polar surface area (TPSA) is 9.23 Å². The van der Waals surface area contributed by atoms with Gasteiger partial charge in [-0.1, -0.05) is 30.3 Å². The van der Waals surface area contributed by atoms with Crippen LogP contribution < -0.4 is 0 Å². The fraction of sp³-hybridized carbons (Fsp3) is 0.333. The maximum atomic E-state index is 5.32. The van der Waals surface area contributed by atoms with E-state index in [4.69, 9.17) is 4.74 Å². The van der Waals surface area contributed by atoms with Crippen LogP contribution in [-0.2, 0) is 4.74 Å². The summed E-state index contributed by atoms with van der Waals surface area (Å²) in [7, 11) is 0. The van der Waals surface area contributed by atoms with Crippen molar-refractivity contribution in [3.63, 3.8) is 0 Å². The first-order valence-electron chi connectivity index (χ1n) is 3.63. The zero-order valence-corrected chi connectivity index (χ0v) is 5.79. The molecule has 1 atom stereocenters. The molecule has 0 saturated carbocycles. The molecule has 0 aliphatic carbocycles. The van der Waals surface area contributed by atoms with Gasteiger partial charge in [0.25, 0.3) is 0 Å². The highest BCUT2D eigenvalue weighted by atomic mass is 16.5. The van der Waals surface area contributed by atoms with Gasteiger partial charge in [0.05, 0.1) is 12.7 Å². The molecule has 1 aromatic carbocycles. The Balaban J connectivity index is 2.18. The smallest absolute Gasteiger partial charge is 0.0846 e. The van der Waals surface area contributed by atoms with Crippen molar-refractivity contribution in [3.8, 4) is 0 Å². The summed E-state index contributed by atoms with van der Waals surface area (Å²) >= 11 is 0. The van der Waals surface area contributed by atoms with Crippen LogP contribution in [-0.4, -0.2) is 6.61 Å². The lowest BCUT2D eigenvalue weighted by Gasteiger charge is -2.26. The summed E-state index contributed by atoms with van der Waals surface area (Å²) in [6, 6.07) is 10.4. The van der Waals surface area contributed by atoms with Crippen molar-refractivity contribution in [2.45, 2.75) is 12.5 Å². The number of ether oxygens (including phenoxy) is 1. The van der Waals surface area contributed by atoms with Crippen LogP contribution in [0.4, 0.5) is 0 Å². The van der Waals surface area contributed by atoms with Crippen LogP contribution in [0.5, 0.6) is 0 Å². The minimum atomic E-state index is 0.390. The van der Waals surface area contributed by atoms with Crippen LogP contribution in [0, 0.1) is 0 Å². The molecular weight excluding hydrogens is 124 g/mol. The van der Waals surface area contributed by atoms with E-state index in [1.807, 2.05) is 6.07 Å². The van der Waals surface area contributed by atoms with E-state index in [-0.39, 0.29) is 0 Å². The second-order valence-corrected chi connectivity index (χ2v) is 2.56. The monoisotopic (exact) mass is 134 g/mol. The maximum Gasteiger partial charge on any atom is 0.0846 e. The van der Waals surface area contributed by atoms with E-state index in [2.05, 4.69) is 24.3 Å². The molecule has 1 aromatic rings.